The summed E-state index contributed by atoms with van der Waals surface area (Å²) in [5.41, 5.74) is 3.25. The van der Waals surface area contributed by atoms with Crippen LogP contribution in [0.1, 0.15) is 16.8 Å². The second-order valence-electron chi connectivity index (χ2n) is 6.83. The van der Waals surface area contributed by atoms with Gasteiger partial charge in [-0.2, -0.15) is 0 Å². The SMILES string of the molecule is O=c1cnc2cnccc2n1Cc1c(F)cc(-c2cnc3c(c2)C=CC3)cc1F. The van der Waals surface area contributed by atoms with E-state index in [-0.39, 0.29) is 12.1 Å². The van der Waals surface area contributed by atoms with Crippen LogP contribution < -0.4 is 5.56 Å². The van der Waals surface area contributed by atoms with E-state index in [4.69, 9.17) is 0 Å². The van der Waals surface area contributed by atoms with Crippen molar-refractivity contribution < 1.29 is 8.78 Å². The first-order valence-corrected chi connectivity index (χ1v) is 9.03. The number of benzene rings is 1. The number of hydrogen-bond donors (Lipinski definition) is 0. The number of allylic oxidation sites excluding steroid dienone is 1. The van der Waals surface area contributed by atoms with E-state index in [1.807, 2.05) is 18.2 Å². The molecule has 0 aliphatic heterocycles. The summed E-state index contributed by atoms with van der Waals surface area (Å²) in [6.45, 7) is -0.245. The molecule has 7 heteroatoms. The average molecular weight is 388 g/mol. The first-order valence-electron chi connectivity index (χ1n) is 9.03. The van der Waals surface area contributed by atoms with Gasteiger partial charge in [-0.3, -0.25) is 14.8 Å². The van der Waals surface area contributed by atoms with Crippen LogP contribution in [0.4, 0.5) is 8.78 Å². The molecule has 3 aromatic heterocycles. The van der Waals surface area contributed by atoms with Gasteiger partial charge >= 0.3 is 0 Å². The Kier molecular flexibility index (Phi) is 4.01. The Balaban J connectivity index is 1.57. The van der Waals surface area contributed by atoms with E-state index in [0.29, 0.717) is 22.2 Å². The van der Waals surface area contributed by atoms with Crippen molar-refractivity contribution >= 4 is 17.1 Å². The highest BCUT2D eigenvalue weighted by Gasteiger charge is 2.16. The maximum Gasteiger partial charge on any atom is 0.269 e. The Morgan fingerprint density at radius 3 is 2.66 bits per heavy atom. The van der Waals surface area contributed by atoms with Gasteiger partial charge in [-0.1, -0.05) is 12.2 Å². The topological polar surface area (TPSA) is 60.7 Å². The summed E-state index contributed by atoms with van der Waals surface area (Å²) < 4.78 is 31.0. The summed E-state index contributed by atoms with van der Waals surface area (Å²) in [5.74, 6) is -1.44. The molecule has 5 nitrogen and oxygen atoms in total. The van der Waals surface area contributed by atoms with E-state index in [1.54, 1.807) is 12.3 Å². The molecule has 1 aromatic carbocycles. The molecule has 1 aliphatic carbocycles. The zero-order chi connectivity index (χ0) is 20.0. The van der Waals surface area contributed by atoms with Crippen LogP contribution in [-0.2, 0) is 13.0 Å². The van der Waals surface area contributed by atoms with Gasteiger partial charge in [0.25, 0.3) is 5.56 Å². The van der Waals surface area contributed by atoms with Crippen molar-refractivity contribution in [2.24, 2.45) is 0 Å². The highest BCUT2D eigenvalue weighted by Crippen LogP contribution is 2.28. The summed E-state index contributed by atoms with van der Waals surface area (Å²) >= 11 is 0. The first kappa shape index (κ1) is 17.4. The van der Waals surface area contributed by atoms with Crippen LogP contribution in [0, 0.1) is 11.6 Å². The van der Waals surface area contributed by atoms with E-state index in [0.717, 1.165) is 23.9 Å². The van der Waals surface area contributed by atoms with E-state index in [1.165, 1.54) is 29.1 Å². The molecule has 29 heavy (non-hydrogen) atoms. The number of nitrogens with zero attached hydrogens (tertiary/aromatic N) is 4. The molecule has 142 valence electrons. The molecule has 0 bridgehead atoms. The Bertz CT molecular complexity index is 1340. The number of halogens is 2. The third-order valence-corrected chi connectivity index (χ3v) is 5.05. The van der Waals surface area contributed by atoms with Crippen LogP contribution in [-0.4, -0.2) is 19.5 Å². The molecule has 0 radical (unpaired) electrons. The summed E-state index contributed by atoms with van der Waals surface area (Å²) in [4.78, 5) is 24.6. The van der Waals surface area contributed by atoms with Gasteiger partial charge in [0.2, 0.25) is 0 Å². The first-order chi connectivity index (χ1) is 14.1. The van der Waals surface area contributed by atoms with Crippen molar-refractivity contribution in [2.45, 2.75) is 13.0 Å². The summed E-state index contributed by atoms with van der Waals surface area (Å²) in [5, 5.41) is 0. The van der Waals surface area contributed by atoms with Crippen LogP contribution in [0.3, 0.4) is 0 Å². The number of fused-ring (bicyclic) bond motifs is 2. The lowest BCUT2D eigenvalue weighted by Crippen LogP contribution is -2.22. The minimum absolute atomic E-state index is 0.186. The van der Waals surface area contributed by atoms with Gasteiger partial charge < -0.3 is 4.57 Å². The predicted octanol–water partition coefficient (Wildman–Crippen LogP) is 3.75. The van der Waals surface area contributed by atoms with Crippen LogP contribution in [0.15, 0.2) is 59.9 Å². The third kappa shape index (κ3) is 3.00. The van der Waals surface area contributed by atoms with Crippen molar-refractivity contribution in [2.75, 3.05) is 0 Å². The molecule has 3 heterocycles. The lowest BCUT2D eigenvalue weighted by Gasteiger charge is -2.12. The molecule has 0 spiro atoms. The predicted molar refractivity (Wildman–Crippen MR) is 105 cm³/mol. The molecule has 1 aliphatic rings. The molecule has 0 amide bonds. The lowest BCUT2D eigenvalue weighted by molar-refractivity contribution is 0.545. The summed E-state index contributed by atoms with van der Waals surface area (Å²) in [6.07, 6.45) is 10.5. The van der Waals surface area contributed by atoms with Crippen molar-refractivity contribution in [1.82, 2.24) is 19.5 Å². The summed E-state index contributed by atoms with van der Waals surface area (Å²) in [7, 11) is 0. The second-order valence-corrected chi connectivity index (χ2v) is 6.83. The number of hydrogen-bond acceptors (Lipinski definition) is 4. The molecule has 0 saturated heterocycles. The highest BCUT2D eigenvalue weighted by molar-refractivity contribution is 5.73. The van der Waals surface area contributed by atoms with Crippen LogP contribution in [0.25, 0.3) is 28.2 Å². The Morgan fingerprint density at radius 1 is 1.00 bits per heavy atom. The quantitative estimate of drug-likeness (QED) is 0.536. The molecule has 5 rings (SSSR count). The fraction of sp³-hybridized carbons (Fsp3) is 0.0909. The normalized spacial score (nSPS) is 12.5. The molecule has 0 saturated carbocycles. The van der Waals surface area contributed by atoms with E-state index in [9.17, 15) is 13.6 Å². The molecule has 0 atom stereocenters. The maximum absolute atomic E-state index is 14.9. The van der Waals surface area contributed by atoms with Gasteiger partial charge in [-0.05, 0) is 35.4 Å². The second kappa shape index (κ2) is 6.70. The number of rotatable bonds is 3. The third-order valence-electron chi connectivity index (χ3n) is 5.05. The van der Waals surface area contributed by atoms with E-state index < -0.39 is 17.2 Å². The van der Waals surface area contributed by atoms with E-state index in [2.05, 4.69) is 15.0 Å². The monoisotopic (exact) mass is 388 g/mol. The minimum Gasteiger partial charge on any atom is -0.301 e. The standard InChI is InChI=1S/C22H14F2N4O/c23-17-7-14(15-6-13-2-1-3-19(13)26-9-15)8-18(24)16(17)12-28-21-4-5-25-10-20(21)27-11-22(28)29/h1-2,4-11H,3,12H2. The fourth-order valence-corrected chi connectivity index (χ4v) is 3.54. The van der Waals surface area contributed by atoms with Crippen LogP contribution in [0.2, 0.25) is 0 Å². The Morgan fingerprint density at radius 2 is 1.83 bits per heavy atom. The van der Waals surface area contributed by atoms with Gasteiger partial charge in [-0.15, -0.1) is 0 Å². The van der Waals surface area contributed by atoms with Gasteiger partial charge in [0.1, 0.15) is 17.2 Å². The minimum atomic E-state index is -0.720. The molecule has 0 N–H and O–H groups in total. The molecule has 0 unspecified atom stereocenters. The van der Waals surface area contributed by atoms with Crippen molar-refractivity contribution in [3.63, 3.8) is 0 Å². The fourth-order valence-electron chi connectivity index (χ4n) is 3.54. The molecule has 4 aromatic rings. The molecular formula is C22H14F2N4O. The Hall–Kier alpha value is -3.74. The smallest absolute Gasteiger partial charge is 0.269 e. The van der Waals surface area contributed by atoms with E-state index >= 15 is 0 Å². The van der Waals surface area contributed by atoms with Gasteiger partial charge in [-0.25, -0.2) is 13.8 Å². The van der Waals surface area contributed by atoms with Crippen molar-refractivity contribution in [3.8, 4) is 11.1 Å². The zero-order valence-corrected chi connectivity index (χ0v) is 15.1. The van der Waals surface area contributed by atoms with Crippen molar-refractivity contribution in [1.29, 1.82) is 0 Å². The van der Waals surface area contributed by atoms with Gasteiger partial charge in [0.05, 0.1) is 30.1 Å². The maximum atomic E-state index is 14.9. The number of pyridine rings is 2. The molecular weight excluding hydrogens is 374 g/mol. The van der Waals surface area contributed by atoms with Crippen LogP contribution in [0.5, 0.6) is 0 Å². The van der Waals surface area contributed by atoms with Crippen molar-refractivity contribution in [3.05, 3.63) is 93.9 Å². The summed E-state index contributed by atoms with van der Waals surface area (Å²) in [6, 6.07) is 6.01. The largest absolute Gasteiger partial charge is 0.301 e. The van der Waals surface area contributed by atoms with Gasteiger partial charge in [0.15, 0.2) is 0 Å². The average Bonchev–Trinajstić information content (AvgIpc) is 3.19. The van der Waals surface area contributed by atoms with Gasteiger partial charge in [0, 0.05) is 29.9 Å². The zero-order valence-electron chi connectivity index (χ0n) is 15.1. The van der Waals surface area contributed by atoms with Crippen LogP contribution >= 0.6 is 0 Å². The Labute approximate surface area is 164 Å². The lowest BCUT2D eigenvalue weighted by atomic mass is 10.0. The number of aromatic nitrogens is 4. The highest BCUT2D eigenvalue weighted by atomic mass is 19.1. The molecule has 0 fully saturated rings.